The van der Waals surface area contributed by atoms with E-state index in [2.05, 4.69) is 10.2 Å². The minimum atomic E-state index is -0.830. The van der Waals surface area contributed by atoms with Gasteiger partial charge in [-0.25, -0.2) is 9.59 Å². The first-order valence-corrected chi connectivity index (χ1v) is 6.99. The Hall–Kier alpha value is -2.32. The first-order valence-electron chi connectivity index (χ1n) is 6.99. The van der Waals surface area contributed by atoms with Gasteiger partial charge in [-0.2, -0.15) is 0 Å². The smallest absolute Gasteiger partial charge is 0.359 e. The Morgan fingerprint density at radius 2 is 1.70 bits per heavy atom. The molecule has 8 heteroatoms. The Morgan fingerprint density at radius 3 is 2.35 bits per heavy atom. The summed E-state index contributed by atoms with van der Waals surface area (Å²) in [6.45, 7) is 3.54. The van der Waals surface area contributed by atoms with Crippen molar-refractivity contribution in [3.8, 4) is 0 Å². The van der Waals surface area contributed by atoms with Gasteiger partial charge in [0.2, 0.25) is 0 Å². The number of ether oxygens (including phenoxy) is 4. The molecule has 2 aliphatic rings. The summed E-state index contributed by atoms with van der Waals surface area (Å²) in [5, 5.41) is 7.65. The van der Waals surface area contributed by atoms with Crippen LogP contribution in [0.3, 0.4) is 0 Å². The summed E-state index contributed by atoms with van der Waals surface area (Å²) in [5.74, 6) is -2.14. The van der Waals surface area contributed by atoms with Crippen molar-refractivity contribution in [3.05, 3.63) is 28.6 Å². The van der Waals surface area contributed by atoms with E-state index in [-0.39, 0.29) is 11.4 Å². The van der Waals surface area contributed by atoms with Gasteiger partial charge in [0.25, 0.3) is 0 Å². The van der Waals surface area contributed by atoms with Gasteiger partial charge in [0.15, 0.2) is 17.2 Å². The zero-order chi connectivity index (χ0) is 16.8. The quantitative estimate of drug-likeness (QED) is 0.752. The summed E-state index contributed by atoms with van der Waals surface area (Å²) in [6, 6.07) is 0. The highest BCUT2D eigenvalue weighted by molar-refractivity contribution is 5.96. The minimum absolute atomic E-state index is 0.00389. The average molecular weight is 320 g/mol. The monoisotopic (exact) mass is 320 g/mol. The van der Waals surface area contributed by atoms with Crippen LogP contribution >= 0.6 is 0 Å². The van der Waals surface area contributed by atoms with E-state index in [1.807, 2.05) is 0 Å². The van der Waals surface area contributed by atoms with Crippen LogP contribution in [0.4, 0.5) is 0 Å². The van der Waals surface area contributed by atoms with Crippen LogP contribution < -0.4 is 0 Å². The number of hydrogen-bond acceptors (Lipinski definition) is 8. The van der Waals surface area contributed by atoms with E-state index in [0.717, 1.165) is 0 Å². The van der Waals surface area contributed by atoms with Crippen molar-refractivity contribution in [3.63, 3.8) is 0 Å². The van der Waals surface area contributed by atoms with E-state index in [1.165, 1.54) is 14.2 Å². The average Bonchev–Trinajstić information content (AvgIpc) is 2.86. The van der Waals surface area contributed by atoms with Crippen molar-refractivity contribution in [2.45, 2.75) is 31.8 Å². The molecule has 0 bridgehead atoms. The molecule has 1 aliphatic heterocycles. The van der Waals surface area contributed by atoms with Crippen LogP contribution in [0.2, 0.25) is 0 Å². The van der Waals surface area contributed by atoms with E-state index in [0.29, 0.717) is 11.1 Å². The Kier molecular flexibility index (Phi) is 3.65. The molecule has 0 spiro atoms. The summed E-state index contributed by atoms with van der Waals surface area (Å²) < 4.78 is 21.1. The summed E-state index contributed by atoms with van der Waals surface area (Å²) in [5.41, 5.74) is 0.856. The maximum Gasteiger partial charge on any atom is 0.359 e. The number of carbonyl (C=O) groups excluding carboxylic acids is 2. The SMILES string of the molecule is COC(=O)c1nnc(C(=O)OC)c2c1C=C[C@H]1OC(C)(C)O[C@@H]21. The molecule has 23 heavy (non-hydrogen) atoms. The first-order chi connectivity index (χ1) is 10.9. The number of methoxy groups -OCH3 is 2. The zero-order valence-electron chi connectivity index (χ0n) is 13.2. The predicted molar refractivity (Wildman–Crippen MR) is 76.5 cm³/mol. The standard InChI is InChI=1S/C15H16N2O6/c1-15(2)22-8-6-5-7-9(12(8)23-15)11(14(19)21-4)17-16-10(7)13(18)20-3/h5-6,8,12H,1-4H3/t8-,12-/m1/s1. The van der Waals surface area contributed by atoms with Crippen LogP contribution in [0.15, 0.2) is 6.08 Å². The number of esters is 2. The number of aromatic nitrogens is 2. The van der Waals surface area contributed by atoms with Gasteiger partial charge in [-0.3, -0.25) is 0 Å². The molecule has 1 aromatic heterocycles. The number of nitrogens with zero attached hydrogens (tertiary/aromatic N) is 2. The third-order valence-corrected chi connectivity index (χ3v) is 3.67. The molecule has 122 valence electrons. The van der Waals surface area contributed by atoms with E-state index in [1.54, 1.807) is 26.0 Å². The van der Waals surface area contributed by atoms with Gasteiger partial charge in [-0.15, -0.1) is 10.2 Å². The van der Waals surface area contributed by atoms with Crippen molar-refractivity contribution in [2.75, 3.05) is 14.2 Å². The second-order valence-electron chi connectivity index (χ2n) is 5.59. The number of carbonyl (C=O) groups is 2. The minimum Gasteiger partial charge on any atom is -0.464 e. The normalized spacial score (nSPS) is 23.8. The number of hydrogen-bond donors (Lipinski definition) is 0. The number of rotatable bonds is 2. The van der Waals surface area contributed by atoms with Crippen LogP contribution in [0.5, 0.6) is 0 Å². The molecular formula is C15H16N2O6. The van der Waals surface area contributed by atoms with Gasteiger partial charge in [0, 0.05) is 11.1 Å². The fourth-order valence-electron chi connectivity index (χ4n) is 2.76. The fourth-order valence-corrected chi connectivity index (χ4v) is 2.76. The Bertz CT molecular complexity index is 712. The lowest BCUT2D eigenvalue weighted by Gasteiger charge is -2.23. The van der Waals surface area contributed by atoms with Gasteiger partial charge in [-0.1, -0.05) is 12.2 Å². The topological polar surface area (TPSA) is 96.8 Å². The van der Waals surface area contributed by atoms with Gasteiger partial charge in [0.05, 0.1) is 14.2 Å². The first kappa shape index (κ1) is 15.6. The predicted octanol–water partition coefficient (Wildman–Crippen LogP) is 1.27. The van der Waals surface area contributed by atoms with E-state index < -0.39 is 29.9 Å². The zero-order valence-corrected chi connectivity index (χ0v) is 13.2. The summed E-state index contributed by atoms with van der Waals surface area (Å²) in [4.78, 5) is 23.9. The molecule has 0 aromatic carbocycles. The molecular weight excluding hydrogens is 304 g/mol. The van der Waals surface area contributed by atoms with Crippen LogP contribution in [-0.4, -0.2) is 48.2 Å². The van der Waals surface area contributed by atoms with E-state index in [4.69, 9.17) is 18.9 Å². The molecule has 1 saturated heterocycles. The second kappa shape index (κ2) is 5.39. The van der Waals surface area contributed by atoms with Gasteiger partial charge >= 0.3 is 11.9 Å². The van der Waals surface area contributed by atoms with Crippen molar-refractivity contribution in [1.82, 2.24) is 10.2 Å². The van der Waals surface area contributed by atoms with Crippen molar-refractivity contribution in [2.24, 2.45) is 0 Å². The van der Waals surface area contributed by atoms with Gasteiger partial charge in [0.1, 0.15) is 12.2 Å². The lowest BCUT2D eigenvalue weighted by atomic mass is 9.90. The van der Waals surface area contributed by atoms with Crippen LogP contribution in [-0.2, 0) is 18.9 Å². The maximum atomic E-state index is 12.0. The van der Waals surface area contributed by atoms with Crippen LogP contribution in [0.1, 0.15) is 52.1 Å². The molecule has 1 aromatic rings. The molecule has 0 unspecified atom stereocenters. The summed E-state index contributed by atoms with van der Waals surface area (Å²) >= 11 is 0. The van der Waals surface area contributed by atoms with Crippen molar-refractivity contribution in [1.29, 1.82) is 0 Å². The molecule has 0 N–H and O–H groups in total. The third-order valence-electron chi connectivity index (χ3n) is 3.67. The Labute approximate surface area is 132 Å². The van der Waals surface area contributed by atoms with Crippen molar-refractivity contribution >= 4 is 18.0 Å². The summed E-state index contributed by atoms with van der Waals surface area (Å²) in [7, 11) is 2.50. The molecule has 1 fully saturated rings. The highest BCUT2D eigenvalue weighted by Crippen LogP contribution is 2.44. The molecule has 0 amide bonds. The molecule has 0 radical (unpaired) electrons. The van der Waals surface area contributed by atoms with E-state index in [9.17, 15) is 9.59 Å². The number of fused-ring (bicyclic) bond motifs is 3. The molecule has 0 saturated carbocycles. The Balaban J connectivity index is 2.21. The lowest BCUT2D eigenvalue weighted by Crippen LogP contribution is -2.25. The summed E-state index contributed by atoms with van der Waals surface area (Å²) in [6.07, 6.45) is 2.44. The van der Waals surface area contributed by atoms with Gasteiger partial charge < -0.3 is 18.9 Å². The van der Waals surface area contributed by atoms with E-state index >= 15 is 0 Å². The van der Waals surface area contributed by atoms with Crippen LogP contribution in [0, 0.1) is 0 Å². The molecule has 1 aliphatic carbocycles. The third kappa shape index (κ3) is 2.49. The van der Waals surface area contributed by atoms with Crippen molar-refractivity contribution < 1.29 is 28.5 Å². The highest BCUT2D eigenvalue weighted by atomic mass is 16.7. The molecule has 8 nitrogen and oxygen atoms in total. The second-order valence-corrected chi connectivity index (χ2v) is 5.59. The fraction of sp³-hybridized carbons (Fsp3) is 0.467. The molecule has 2 atom stereocenters. The Morgan fingerprint density at radius 1 is 1.09 bits per heavy atom. The lowest BCUT2D eigenvalue weighted by molar-refractivity contribution is -0.143. The van der Waals surface area contributed by atoms with Gasteiger partial charge in [-0.05, 0) is 13.8 Å². The largest absolute Gasteiger partial charge is 0.464 e. The highest BCUT2D eigenvalue weighted by Gasteiger charge is 2.46. The maximum absolute atomic E-state index is 12.0. The molecule has 3 rings (SSSR count). The molecule has 2 heterocycles. The van der Waals surface area contributed by atoms with Crippen LogP contribution in [0.25, 0.3) is 6.08 Å².